The largest absolute Gasteiger partial charge is 0.375 e. The third-order valence-electron chi connectivity index (χ3n) is 2.79. The molecule has 0 saturated heterocycles. The van der Waals surface area contributed by atoms with E-state index in [4.69, 9.17) is 11.6 Å². The number of rotatable bonds is 4. The van der Waals surface area contributed by atoms with Gasteiger partial charge in [-0.05, 0) is 25.0 Å². The molecule has 0 heterocycles. The molecule has 1 aliphatic carbocycles. The van der Waals surface area contributed by atoms with E-state index in [2.05, 4.69) is 5.32 Å². The highest BCUT2D eigenvalue weighted by Crippen LogP contribution is 2.25. The van der Waals surface area contributed by atoms with Gasteiger partial charge in [0.1, 0.15) is 0 Å². The Morgan fingerprint density at radius 3 is 2.81 bits per heavy atom. The molecule has 0 aliphatic heterocycles. The van der Waals surface area contributed by atoms with Crippen molar-refractivity contribution in [3.8, 4) is 0 Å². The normalized spacial score (nSPS) is 14.6. The number of halogens is 1. The lowest BCUT2D eigenvalue weighted by molar-refractivity contribution is -0.128. The molecule has 1 aliphatic rings. The molecular formula is C12H15ClN2O. The summed E-state index contributed by atoms with van der Waals surface area (Å²) in [5.41, 5.74) is 0.807. The summed E-state index contributed by atoms with van der Waals surface area (Å²) in [6.45, 7) is 0.302. The molecule has 0 unspecified atom stereocenters. The van der Waals surface area contributed by atoms with Crippen LogP contribution in [0.1, 0.15) is 12.8 Å². The van der Waals surface area contributed by atoms with Crippen LogP contribution < -0.4 is 5.32 Å². The Bertz CT molecular complexity index is 390. The van der Waals surface area contributed by atoms with E-state index in [1.807, 2.05) is 30.1 Å². The molecule has 3 nitrogen and oxygen atoms in total. The Kier molecular flexibility index (Phi) is 3.34. The first-order valence-corrected chi connectivity index (χ1v) is 5.80. The van der Waals surface area contributed by atoms with Crippen LogP contribution in [-0.2, 0) is 4.79 Å². The van der Waals surface area contributed by atoms with Gasteiger partial charge in [-0.2, -0.15) is 0 Å². The molecule has 0 aromatic heterocycles. The van der Waals surface area contributed by atoms with E-state index in [1.165, 1.54) is 0 Å². The second-order valence-corrected chi connectivity index (χ2v) is 4.48. The van der Waals surface area contributed by atoms with Gasteiger partial charge >= 0.3 is 0 Å². The molecule has 2 rings (SSSR count). The maximum Gasteiger partial charge on any atom is 0.241 e. The van der Waals surface area contributed by atoms with Crippen LogP contribution in [0.5, 0.6) is 0 Å². The number of hydrogen-bond acceptors (Lipinski definition) is 2. The highest BCUT2D eigenvalue weighted by Gasteiger charge is 2.29. The second kappa shape index (κ2) is 4.74. The van der Waals surface area contributed by atoms with E-state index < -0.39 is 0 Å². The zero-order valence-electron chi connectivity index (χ0n) is 9.24. The lowest BCUT2D eigenvalue weighted by Crippen LogP contribution is -2.33. The Hall–Kier alpha value is -1.22. The molecular weight excluding hydrogens is 224 g/mol. The van der Waals surface area contributed by atoms with Crippen molar-refractivity contribution in [3.63, 3.8) is 0 Å². The van der Waals surface area contributed by atoms with Gasteiger partial charge in [-0.1, -0.05) is 23.7 Å². The van der Waals surface area contributed by atoms with Gasteiger partial charge in [-0.3, -0.25) is 4.79 Å². The first-order valence-electron chi connectivity index (χ1n) is 5.42. The third kappa shape index (κ3) is 2.67. The highest BCUT2D eigenvalue weighted by molar-refractivity contribution is 6.33. The molecule has 1 N–H and O–H groups in total. The van der Waals surface area contributed by atoms with Gasteiger partial charge in [0, 0.05) is 13.1 Å². The van der Waals surface area contributed by atoms with Crippen molar-refractivity contribution in [1.29, 1.82) is 0 Å². The minimum atomic E-state index is 0.113. The van der Waals surface area contributed by atoms with E-state index >= 15 is 0 Å². The number of amides is 1. The van der Waals surface area contributed by atoms with Crippen molar-refractivity contribution >= 4 is 23.2 Å². The molecule has 0 bridgehead atoms. The average Bonchev–Trinajstić information content (AvgIpc) is 3.10. The molecule has 1 aromatic rings. The summed E-state index contributed by atoms with van der Waals surface area (Å²) in [5, 5.41) is 3.70. The molecule has 0 spiro atoms. The predicted molar refractivity (Wildman–Crippen MR) is 65.7 cm³/mol. The fourth-order valence-electron chi connectivity index (χ4n) is 1.57. The highest BCUT2D eigenvalue weighted by atomic mass is 35.5. The standard InChI is InChI=1S/C12H15ClN2O/c1-15(9-6-7-9)12(16)8-14-11-5-3-2-4-10(11)13/h2-5,9,14H,6-8H2,1H3. The van der Waals surface area contributed by atoms with Crippen LogP contribution in [0.25, 0.3) is 0 Å². The van der Waals surface area contributed by atoms with E-state index in [0.717, 1.165) is 18.5 Å². The van der Waals surface area contributed by atoms with Crippen molar-refractivity contribution < 1.29 is 4.79 Å². The molecule has 1 amide bonds. The molecule has 16 heavy (non-hydrogen) atoms. The zero-order valence-corrected chi connectivity index (χ0v) is 10.00. The summed E-state index contributed by atoms with van der Waals surface area (Å²) >= 11 is 5.97. The fourth-order valence-corrected chi connectivity index (χ4v) is 1.77. The zero-order chi connectivity index (χ0) is 11.5. The van der Waals surface area contributed by atoms with E-state index in [0.29, 0.717) is 17.6 Å². The number of hydrogen-bond donors (Lipinski definition) is 1. The minimum Gasteiger partial charge on any atom is -0.375 e. The number of carbonyl (C=O) groups excluding carboxylic acids is 1. The fraction of sp³-hybridized carbons (Fsp3) is 0.417. The summed E-state index contributed by atoms with van der Waals surface area (Å²) in [5.74, 6) is 0.113. The predicted octanol–water partition coefficient (Wildman–Crippen LogP) is 2.37. The molecule has 0 atom stereocenters. The van der Waals surface area contributed by atoms with Gasteiger partial charge in [0.05, 0.1) is 17.3 Å². The van der Waals surface area contributed by atoms with Gasteiger partial charge in [-0.25, -0.2) is 0 Å². The number of benzene rings is 1. The number of nitrogens with one attached hydrogen (secondary N) is 1. The van der Waals surface area contributed by atoms with E-state index in [9.17, 15) is 4.79 Å². The molecule has 1 aromatic carbocycles. The van der Waals surface area contributed by atoms with Crippen LogP contribution in [0.3, 0.4) is 0 Å². The van der Waals surface area contributed by atoms with Crippen LogP contribution in [0.15, 0.2) is 24.3 Å². The summed E-state index contributed by atoms with van der Waals surface area (Å²) in [6, 6.07) is 7.89. The van der Waals surface area contributed by atoms with Gasteiger partial charge in [0.15, 0.2) is 0 Å². The number of likely N-dealkylation sites (N-methyl/N-ethyl adjacent to an activating group) is 1. The topological polar surface area (TPSA) is 32.3 Å². The van der Waals surface area contributed by atoms with Crippen molar-refractivity contribution in [2.24, 2.45) is 0 Å². The molecule has 0 radical (unpaired) electrons. The van der Waals surface area contributed by atoms with E-state index in [1.54, 1.807) is 6.07 Å². The molecule has 1 saturated carbocycles. The quantitative estimate of drug-likeness (QED) is 0.874. The van der Waals surface area contributed by atoms with Crippen molar-refractivity contribution in [2.75, 3.05) is 18.9 Å². The van der Waals surface area contributed by atoms with Crippen molar-refractivity contribution in [3.05, 3.63) is 29.3 Å². The summed E-state index contributed by atoms with van der Waals surface area (Å²) < 4.78 is 0. The Morgan fingerprint density at radius 1 is 1.50 bits per heavy atom. The molecule has 1 fully saturated rings. The average molecular weight is 239 g/mol. The van der Waals surface area contributed by atoms with Crippen molar-refractivity contribution in [2.45, 2.75) is 18.9 Å². The Balaban J connectivity index is 1.87. The van der Waals surface area contributed by atoms with Crippen molar-refractivity contribution in [1.82, 2.24) is 4.90 Å². The van der Waals surface area contributed by atoms with Crippen LogP contribution in [0.2, 0.25) is 5.02 Å². The van der Waals surface area contributed by atoms with Gasteiger partial charge in [0.2, 0.25) is 5.91 Å². The minimum absolute atomic E-state index is 0.113. The summed E-state index contributed by atoms with van der Waals surface area (Å²) in [4.78, 5) is 13.5. The van der Waals surface area contributed by atoms with Gasteiger partial charge in [-0.15, -0.1) is 0 Å². The van der Waals surface area contributed by atoms with Crippen LogP contribution in [0.4, 0.5) is 5.69 Å². The molecule has 86 valence electrons. The smallest absolute Gasteiger partial charge is 0.241 e. The number of anilines is 1. The second-order valence-electron chi connectivity index (χ2n) is 4.07. The lowest BCUT2D eigenvalue weighted by atomic mass is 10.3. The van der Waals surface area contributed by atoms with Crippen LogP contribution >= 0.6 is 11.6 Å². The Morgan fingerprint density at radius 2 is 2.19 bits per heavy atom. The maximum atomic E-state index is 11.7. The number of carbonyl (C=O) groups is 1. The van der Waals surface area contributed by atoms with Gasteiger partial charge in [0.25, 0.3) is 0 Å². The monoisotopic (exact) mass is 238 g/mol. The summed E-state index contributed by atoms with van der Waals surface area (Å²) in [6.07, 6.45) is 2.27. The molecule has 4 heteroatoms. The van der Waals surface area contributed by atoms with Crippen LogP contribution in [-0.4, -0.2) is 30.4 Å². The summed E-state index contributed by atoms with van der Waals surface area (Å²) in [7, 11) is 1.86. The SMILES string of the molecule is CN(C(=O)CNc1ccccc1Cl)C1CC1. The first-order chi connectivity index (χ1) is 7.68. The van der Waals surface area contributed by atoms with Crippen LogP contribution in [0, 0.1) is 0 Å². The lowest BCUT2D eigenvalue weighted by Gasteiger charge is -2.17. The Labute approximate surface area is 100 Å². The third-order valence-corrected chi connectivity index (χ3v) is 3.12. The van der Waals surface area contributed by atoms with E-state index in [-0.39, 0.29) is 5.91 Å². The first kappa shape index (κ1) is 11.3. The number of nitrogens with zero attached hydrogens (tertiary/aromatic N) is 1. The maximum absolute atomic E-state index is 11.7. The number of para-hydroxylation sites is 1. The van der Waals surface area contributed by atoms with Gasteiger partial charge < -0.3 is 10.2 Å².